The molecule has 0 amide bonds. The minimum absolute atomic E-state index is 0.111. The second-order valence-electron chi connectivity index (χ2n) is 5.91. The molecule has 0 saturated heterocycles. The third kappa shape index (κ3) is 2.39. The number of allylic oxidation sites excluding steroid dienone is 2. The summed E-state index contributed by atoms with van der Waals surface area (Å²) in [6.07, 6.45) is 7.03. The van der Waals surface area contributed by atoms with Crippen LogP contribution in [0.3, 0.4) is 0 Å². The van der Waals surface area contributed by atoms with Crippen LogP contribution in [0.25, 0.3) is 11.4 Å². The number of aldehydes is 1. The Morgan fingerprint density at radius 2 is 2.23 bits per heavy atom. The molecule has 2 aromatic rings. The van der Waals surface area contributed by atoms with Crippen molar-refractivity contribution in [3.8, 4) is 0 Å². The lowest BCUT2D eigenvalue weighted by atomic mass is 10.1. The number of methoxy groups -OCH3 is 1. The Labute approximate surface area is 148 Å². The van der Waals surface area contributed by atoms with Crippen LogP contribution in [-0.2, 0) is 15.9 Å². The molecule has 0 spiro atoms. The summed E-state index contributed by atoms with van der Waals surface area (Å²) in [4.78, 5) is 28.0. The molecule has 0 aromatic carbocycles. The molecule has 0 saturated carbocycles. The largest absolute Gasteiger partial charge is 0.461 e. The van der Waals surface area contributed by atoms with Gasteiger partial charge in [0, 0.05) is 13.5 Å². The fraction of sp³-hybridized carbons (Fsp3) is 0.353. The molecule has 0 N–H and O–H groups in total. The maximum atomic E-state index is 12.3. The lowest BCUT2D eigenvalue weighted by Crippen LogP contribution is -2.16. The van der Waals surface area contributed by atoms with Crippen molar-refractivity contribution < 1.29 is 19.1 Å². The lowest BCUT2D eigenvalue weighted by Gasteiger charge is -2.21. The van der Waals surface area contributed by atoms with E-state index < -0.39 is 5.97 Å². The van der Waals surface area contributed by atoms with Crippen LogP contribution in [-0.4, -0.2) is 56.6 Å². The van der Waals surface area contributed by atoms with Gasteiger partial charge in [0.15, 0.2) is 12.0 Å². The molecule has 1 atom stereocenters. The van der Waals surface area contributed by atoms with Gasteiger partial charge in [0.05, 0.1) is 35.5 Å². The highest BCUT2D eigenvalue weighted by molar-refractivity contribution is 5.94. The van der Waals surface area contributed by atoms with Crippen molar-refractivity contribution in [1.82, 2.24) is 24.5 Å². The van der Waals surface area contributed by atoms with Crippen LogP contribution in [0.15, 0.2) is 18.5 Å². The number of aromatic nitrogens is 5. The molecule has 1 unspecified atom stereocenters. The molecule has 0 bridgehead atoms. The molecule has 4 rings (SSSR count). The average molecular weight is 355 g/mol. The van der Waals surface area contributed by atoms with Gasteiger partial charge < -0.3 is 14.0 Å². The Bertz CT molecular complexity index is 953. The Hall–Kier alpha value is -3.07. The second kappa shape index (κ2) is 6.34. The van der Waals surface area contributed by atoms with Gasteiger partial charge in [-0.1, -0.05) is 11.3 Å². The fourth-order valence-corrected chi connectivity index (χ4v) is 3.27. The van der Waals surface area contributed by atoms with Crippen molar-refractivity contribution in [3.05, 3.63) is 41.3 Å². The molecule has 2 aromatic heterocycles. The molecule has 0 fully saturated rings. The van der Waals surface area contributed by atoms with Gasteiger partial charge in [-0.2, -0.15) is 0 Å². The van der Waals surface area contributed by atoms with Crippen LogP contribution < -0.4 is 0 Å². The number of carbonyl (C=O) groups is 2. The molecule has 0 radical (unpaired) electrons. The van der Waals surface area contributed by atoms with E-state index in [1.807, 2.05) is 16.7 Å². The zero-order chi connectivity index (χ0) is 18.3. The van der Waals surface area contributed by atoms with Gasteiger partial charge in [-0.15, -0.1) is 5.10 Å². The normalized spacial score (nSPS) is 18.0. The Balaban J connectivity index is 1.93. The number of hydrogen-bond acceptors (Lipinski definition) is 7. The van der Waals surface area contributed by atoms with Crippen LogP contribution in [0.4, 0.5) is 0 Å². The van der Waals surface area contributed by atoms with E-state index in [2.05, 4.69) is 15.3 Å². The summed E-state index contributed by atoms with van der Waals surface area (Å²) in [7, 11) is 1.64. The first kappa shape index (κ1) is 16.4. The average Bonchev–Trinajstić information content (AvgIpc) is 3.23. The topological polar surface area (TPSA) is 101 Å². The minimum Gasteiger partial charge on any atom is -0.461 e. The highest BCUT2D eigenvalue weighted by Crippen LogP contribution is 2.35. The predicted molar refractivity (Wildman–Crippen MR) is 90.4 cm³/mol. The Morgan fingerprint density at radius 3 is 2.96 bits per heavy atom. The molecule has 2 aliphatic rings. The first-order chi connectivity index (χ1) is 12.7. The van der Waals surface area contributed by atoms with Crippen LogP contribution >= 0.6 is 0 Å². The van der Waals surface area contributed by atoms with Crippen LogP contribution in [0.1, 0.15) is 45.7 Å². The maximum absolute atomic E-state index is 12.3. The van der Waals surface area contributed by atoms with Crippen LogP contribution in [0.5, 0.6) is 0 Å². The van der Waals surface area contributed by atoms with Gasteiger partial charge in [-0.3, -0.25) is 4.79 Å². The standard InChI is InChI=1S/C17H17N5O4/c1-3-26-17(24)16-15-7-13-11(8-23)19-20-22(13)14-6-10(25-2)4-5-12(14)21(15)9-18-16/h5-6,8-10H,3-4,7H2,1-2H3. The van der Waals surface area contributed by atoms with Crippen LogP contribution in [0.2, 0.25) is 0 Å². The van der Waals surface area contributed by atoms with E-state index in [9.17, 15) is 9.59 Å². The second-order valence-corrected chi connectivity index (χ2v) is 5.91. The van der Waals surface area contributed by atoms with E-state index in [0.29, 0.717) is 24.1 Å². The molecular formula is C17H17N5O4. The number of rotatable bonds is 4. The molecule has 9 nitrogen and oxygen atoms in total. The number of esters is 1. The Kier molecular flexibility index (Phi) is 4.00. The SMILES string of the molecule is CCOC(=O)c1ncn2c1Cc1c(C=O)nnn1C1=CC(OC)CC=C12. The first-order valence-corrected chi connectivity index (χ1v) is 8.26. The van der Waals surface area contributed by atoms with Gasteiger partial charge in [0.1, 0.15) is 12.0 Å². The number of carbonyl (C=O) groups excluding carboxylic acids is 2. The third-order valence-electron chi connectivity index (χ3n) is 4.52. The van der Waals surface area contributed by atoms with E-state index in [1.165, 1.54) is 0 Å². The number of hydrogen-bond donors (Lipinski definition) is 0. The third-order valence-corrected chi connectivity index (χ3v) is 4.52. The zero-order valence-corrected chi connectivity index (χ0v) is 14.4. The lowest BCUT2D eigenvalue weighted by molar-refractivity contribution is 0.0518. The summed E-state index contributed by atoms with van der Waals surface area (Å²) >= 11 is 0. The number of ether oxygens (including phenoxy) is 2. The molecule has 1 aliphatic carbocycles. The Morgan fingerprint density at radius 1 is 1.38 bits per heavy atom. The van der Waals surface area contributed by atoms with Crippen LogP contribution in [0, 0.1) is 0 Å². The number of imidazole rings is 1. The van der Waals surface area contributed by atoms with Crippen molar-refractivity contribution in [2.45, 2.75) is 25.9 Å². The van der Waals surface area contributed by atoms with E-state index >= 15 is 0 Å². The highest BCUT2D eigenvalue weighted by atomic mass is 16.5. The van der Waals surface area contributed by atoms with Crippen molar-refractivity contribution in [2.24, 2.45) is 0 Å². The summed E-state index contributed by atoms with van der Waals surface area (Å²) in [6, 6.07) is 0. The van der Waals surface area contributed by atoms with E-state index in [1.54, 1.807) is 25.0 Å². The number of fused-ring (bicyclic) bond motifs is 5. The molecule has 134 valence electrons. The zero-order valence-electron chi connectivity index (χ0n) is 14.4. The predicted octanol–water partition coefficient (Wildman–Crippen LogP) is 1.17. The van der Waals surface area contributed by atoms with E-state index in [4.69, 9.17) is 9.47 Å². The van der Waals surface area contributed by atoms with Crippen molar-refractivity contribution in [3.63, 3.8) is 0 Å². The van der Waals surface area contributed by atoms with Gasteiger partial charge in [0.2, 0.25) is 0 Å². The molecular weight excluding hydrogens is 338 g/mol. The highest BCUT2D eigenvalue weighted by Gasteiger charge is 2.31. The van der Waals surface area contributed by atoms with Gasteiger partial charge in [-0.25, -0.2) is 14.5 Å². The monoisotopic (exact) mass is 355 g/mol. The summed E-state index contributed by atoms with van der Waals surface area (Å²) in [5.41, 5.74) is 3.25. The van der Waals surface area contributed by atoms with E-state index in [-0.39, 0.29) is 30.5 Å². The van der Waals surface area contributed by atoms with Gasteiger partial charge in [0.25, 0.3) is 0 Å². The quantitative estimate of drug-likeness (QED) is 0.599. The molecule has 3 heterocycles. The minimum atomic E-state index is -0.494. The number of nitrogens with zero attached hydrogens (tertiary/aromatic N) is 5. The molecule has 26 heavy (non-hydrogen) atoms. The van der Waals surface area contributed by atoms with Gasteiger partial charge >= 0.3 is 5.97 Å². The molecule has 1 aliphatic heterocycles. The van der Waals surface area contributed by atoms with Crippen molar-refractivity contribution in [2.75, 3.05) is 13.7 Å². The smallest absolute Gasteiger partial charge is 0.358 e. The van der Waals surface area contributed by atoms with Crippen molar-refractivity contribution >= 4 is 23.6 Å². The summed E-state index contributed by atoms with van der Waals surface area (Å²) < 4.78 is 14.0. The molecule has 9 heteroatoms. The van der Waals surface area contributed by atoms with E-state index in [0.717, 1.165) is 11.4 Å². The van der Waals surface area contributed by atoms with Gasteiger partial charge in [-0.05, 0) is 19.4 Å². The summed E-state index contributed by atoms with van der Waals surface area (Å²) in [5.74, 6) is -0.494. The van der Waals surface area contributed by atoms with Crippen molar-refractivity contribution in [1.29, 1.82) is 0 Å². The maximum Gasteiger partial charge on any atom is 0.358 e. The summed E-state index contributed by atoms with van der Waals surface area (Å²) in [5, 5.41) is 8.09. The first-order valence-electron chi connectivity index (χ1n) is 8.26. The summed E-state index contributed by atoms with van der Waals surface area (Å²) in [6.45, 7) is 2.00. The fourth-order valence-electron chi connectivity index (χ4n) is 3.27.